The van der Waals surface area contributed by atoms with Gasteiger partial charge in [-0.1, -0.05) is 44.2 Å². The molecular weight excluding hydrogens is 251 g/mol. The van der Waals surface area contributed by atoms with Crippen molar-refractivity contribution in [3.05, 3.63) is 23.1 Å². The molecule has 0 bridgehead atoms. The van der Waals surface area contributed by atoms with Crippen molar-refractivity contribution in [2.24, 2.45) is 11.8 Å². The average Bonchev–Trinajstić information content (AvgIpc) is 2.34. The van der Waals surface area contributed by atoms with Gasteiger partial charge in [-0.25, -0.2) is 9.37 Å². The number of halogens is 2. The molecule has 1 fully saturated rings. The van der Waals surface area contributed by atoms with E-state index < -0.39 is 0 Å². The molecular formula is C14H20ClFN2. The first kappa shape index (κ1) is 13.6. The Kier molecular flexibility index (Phi) is 4.81. The van der Waals surface area contributed by atoms with Crippen LogP contribution < -0.4 is 5.32 Å². The van der Waals surface area contributed by atoms with Crippen molar-refractivity contribution in [3.8, 4) is 0 Å². The monoisotopic (exact) mass is 270 g/mol. The maximum Gasteiger partial charge on any atom is 0.166 e. The van der Waals surface area contributed by atoms with Crippen LogP contribution in [0.2, 0.25) is 5.02 Å². The molecule has 2 rings (SSSR count). The Balaban J connectivity index is 1.75. The van der Waals surface area contributed by atoms with Crippen LogP contribution in [-0.4, -0.2) is 11.5 Å². The molecule has 100 valence electrons. The molecule has 0 saturated heterocycles. The topological polar surface area (TPSA) is 24.9 Å². The van der Waals surface area contributed by atoms with E-state index in [0.29, 0.717) is 10.8 Å². The lowest BCUT2D eigenvalue weighted by Crippen LogP contribution is -2.16. The van der Waals surface area contributed by atoms with Crippen LogP contribution in [-0.2, 0) is 0 Å². The first-order chi connectivity index (χ1) is 8.65. The van der Waals surface area contributed by atoms with Crippen LogP contribution in [0.25, 0.3) is 0 Å². The molecule has 4 heteroatoms. The molecule has 2 nitrogen and oxygen atoms in total. The second kappa shape index (κ2) is 6.37. The lowest BCUT2D eigenvalue weighted by molar-refractivity contribution is 0.282. The van der Waals surface area contributed by atoms with Crippen molar-refractivity contribution in [3.63, 3.8) is 0 Å². The Morgan fingerprint density at radius 3 is 2.78 bits per heavy atom. The van der Waals surface area contributed by atoms with Gasteiger partial charge in [0.05, 0.1) is 5.02 Å². The first-order valence-corrected chi connectivity index (χ1v) is 7.08. The van der Waals surface area contributed by atoms with E-state index in [9.17, 15) is 4.39 Å². The van der Waals surface area contributed by atoms with E-state index in [4.69, 9.17) is 11.6 Å². The van der Waals surface area contributed by atoms with E-state index in [1.165, 1.54) is 37.9 Å². The van der Waals surface area contributed by atoms with Crippen molar-refractivity contribution in [2.45, 2.75) is 39.0 Å². The fraction of sp³-hybridized carbons (Fsp3) is 0.643. The number of anilines is 1. The summed E-state index contributed by atoms with van der Waals surface area (Å²) in [4.78, 5) is 3.95. The minimum Gasteiger partial charge on any atom is -0.368 e. The van der Waals surface area contributed by atoms with E-state index in [-0.39, 0.29) is 5.82 Å². The number of hydrogen-bond donors (Lipinski definition) is 1. The number of nitrogens with zero attached hydrogens (tertiary/aromatic N) is 1. The van der Waals surface area contributed by atoms with Gasteiger partial charge in [0.1, 0.15) is 0 Å². The highest BCUT2D eigenvalue weighted by Gasteiger charge is 2.17. The highest BCUT2D eigenvalue weighted by Crippen LogP contribution is 2.30. The molecule has 0 spiro atoms. The number of hydrogen-bond acceptors (Lipinski definition) is 2. The smallest absolute Gasteiger partial charge is 0.166 e. The van der Waals surface area contributed by atoms with Crippen molar-refractivity contribution < 1.29 is 4.39 Å². The molecule has 0 amide bonds. The normalized spacial score (nSPS) is 23.9. The standard InChI is InChI=1S/C14H20ClFN2/c1-10-2-4-11(5-3-10)6-7-17-14-13(16)8-12(15)9-18-14/h8-11H,2-7H2,1H3,(H,17,18). The zero-order valence-electron chi connectivity index (χ0n) is 10.8. The summed E-state index contributed by atoms with van der Waals surface area (Å²) in [5.74, 6) is 1.59. The summed E-state index contributed by atoms with van der Waals surface area (Å²) in [7, 11) is 0. The third-order valence-corrected chi connectivity index (χ3v) is 3.99. The van der Waals surface area contributed by atoms with Crippen molar-refractivity contribution in [1.29, 1.82) is 0 Å². The molecule has 1 N–H and O–H groups in total. The van der Waals surface area contributed by atoms with Crippen LogP contribution in [0.3, 0.4) is 0 Å². The predicted octanol–water partition coefficient (Wildman–Crippen LogP) is 4.50. The molecule has 18 heavy (non-hydrogen) atoms. The third-order valence-electron chi connectivity index (χ3n) is 3.79. The highest BCUT2D eigenvalue weighted by atomic mass is 35.5. The van der Waals surface area contributed by atoms with E-state index >= 15 is 0 Å². The number of rotatable bonds is 4. The van der Waals surface area contributed by atoms with Gasteiger partial charge < -0.3 is 5.32 Å². The van der Waals surface area contributed by atoms with Crippen LogP contribution in [0, 0.1) is 17.7 Å². The molecule has 0 unspecified atom stereocenters. The van der Waals surface area contributed by atoms with Gasteiger partial charge in [-0.2, -0.15) is 0 Å². The molecule has 1 aromatic rings. The largest absolute Gasteiger partial charge is 0.368 e. The maximum atomic E-state index is 13.5. The van der Waals surface area contributed by atoms with Crippen LogP contribution in [0.15, 0.2) is 12.3 Å². The van der Waals surface area contributed by atoms with Crippen LogP contribution >= 0.6 is 11.6 Å². The molecule has 0 aromatic carbocycles. The molecule has 1 saturated carbocycles. The van der Waals surface area contributed by atoms with Gasteiger partial charge in [0.2, 0.25) is 0 Å². The second-order valence-corrected chi connectivity index (χ2v) is 5.76. The summed E-state index contributed by atoms with van der Waals surface area (Å²) in [5.41, 5.74) is 0. The van der Waals surface area contributed by atoms with Crippen molar-refractivity contribution in [2.75, 3.05) is 11.9 Å². The van der Waals surface area contributed by atoms with Gasteiger partial charge in [0, 0.05) is 12.7 Å². The van der Waals surface area contributed by atoms with E-state index in [1.54, 1.807) is 0 Å². The summed E-state index contributed by atoms with van der Waals surface area (Å²) >= 11 is 5.66. The van der Waals surface area contributed by atoms with Crippen LogP contribution in [0.1, 0.15) is 39.0 Å². The van der Waals surface area contributed by atoms with Gasteiger partial charge in [0.15, 0.2) is 11.6 Å². The Morgan fingerprint density at radius 1 is 1.39 bits per heavy atom. The summed E-state index contributed by atoms with van der Waals surface area (Å²) in [6.07, 6.45) is 7.83. The van der Waals surface area contributed by atoms with E-state index in [1.807, 2.05) is 0 Å². The zero-order chi connectivity index (χ0) is 13.0. The minimum absolute atomic E-state index is 0.309. The number of aromatic nitrogens is 1. The fourth-order valence-electron chi connectivity index (χ4n) is 2.56. The molecule has 0 atom stereocenters. The highest BCUT2D eigenvalue weighted by molar-refractivity contribution is 6.30. The van der Waals surface area contributed by atoms with E-state index in [0.717, 1.165) is 24.8 Å². The lowest BCUT2D eigenvalue weighted by Gasteiger charge is -2.26. The number of nitrogens with one attached hydrogen (secondary N) is 1. The van der Waals surface area contributed by atoms with Gasteiger partial charge in [-0.05, 0) is 24.3 Å². The zero-order valence-corrected chi connectivity index (χ0v) is 11.5. The fourth-order valence-corrected chi connectivity index (χ4v) is 2.70. The summed E-state index contributed by atoms with van der Waals surface area (Å²) in [6, 6.07) is 1.29. The van der Waals surface area contributed by atoms with Crippen LogP contribution in [0.4, 0.5) is 10.2 Å². The Hall–Kier alpha value is -0.830. The predicted molar refractivity (Wildman–Crippen MR) is 73.4 cm³/mol. The molecule has 1 aromatic heterocycles. The SMILES string of the molecule is CC1CCC(CCNc2ncc(Cl)cc2F)CC1. The average molecular weight is 271 g/mol. The van der Waals surface area contributed by atoms with Crippen molar-refractivity contribution >= 4 is 17.4 Å². The quantitative estimate of drug-likeness (QED) is 0.871. The second-order valence-electron chi connectivity index (χ2n) is 5.33. The van der Waals surface area contributed by atoms with Gasteiger partial charge in [-0.3, -0.25) is 0 Å². The van der Waals surface area contributed by atoms with Gasteiger partial charge in [-0.15, -0.1) is 0 Å². The third kappa shape index (κ3) is 3.84. The van der Waals surface area contributed by atoms with Gasteiger partial charge in [0.25, 0.3) is 0 Å². The summed E-state index contributed by atoms with van der Waals surface area (Å²) in [5, 5.41) is 3.39. The Labute approximate surface area is 113 Å². The molecule has 0 aliphatic heterocycles. The van der Waals surface area contributed by atoms with Crippen molar-refractivity contribution in [1.82, 2.24) is 4.98 Å². The first-order valence-electron chi connectivity index (χ1n) is 6.70. The summed E-state index contributed by atoms with van der Waals surface area (Å²) in [6.45, 7) is 3.10. The summed E-state index contributed by atoms with van der Waals surface area (Å²) < 4.78 is 13.5. The molecule has 1 aliphatic rings. The van der Waals surface area contributed by atoms with Gasteiger partial charge >= 0.3 is 0 Å². The minimum atomic E-state index is -0.375. The maximum absolute atomic E-state index is 13.5. The van der Waals surface area contributed by atoms with E-state index in [2.05, 4.69) is 17.2 Å². The molecule has 1 aliphatic carbocycles. The molecule has 0 radical (unpaired) electrons. The Morgan fingerprint density at radius 2 is 2.11 bits per heavy atom. The lowest BCUT2D eigenvalue weighted by atomic mass is 9.81. The number of pyridine rings is 1. The molecule has 1 heterocycles. The Bertz CT molecular complexity index is 389. The van der Waals surface area contributed by atoms with Crippen LogP contribution in [0.5, 0.6) is 0 Å².